The molecule has 0 radical (unpaired) electrons. The minimum atomic E-state index is 0.168. The van der Waals surface area contributed by atoms with E-state index in [1.807, 2.05) is 13.0 Å². The molecule has 2 fully saturated rings. The zero-order valence-corrected chi connectivity index (χ0v) is 12.0. The lowest BCUT2D eigenvalue weighted by Crippen LogP contribution is -2.16. The fraction of sp³-hybridized carbons (Fsp3) is 0.571. The van der Waals surface area contributed by atoms with Crippen molar-refractivity contribution in [2.45, 2.75) is 32.6 Å². The summed E-state index contributed by atoms with van der Waals surface area (Å²) in [5, 5.41) is 2.96. The van der Waals surface area contributed by atoms with Gasteiger partial charge in [0.15, 0.2) is 0 Å². The van der Waals surface area contributed by atoms with Crippen LogP contribution >= 0.6 is 15.9 Å². The summed E-state index contributed by atoms with van der Waals surface area (Å²) >= 11 is 3.41. The van der Waals surface area contributed by atoms with Crippen LogP contribution in [0.15, 0.2) is 16.7 Å². The molecule has 1 aromatic rings. The number of hydrogen-bond acceptors (Lipinski definition) is 2. The van der Waals surface area contributed by atoms with Crippen LogP contribution in [-0.2, 0) is 4.79 Å². The molecule has 2 aliphatic carbocycles. The Morgan fingerprint density at radius 3 is 2.67 bits per heavy atom. The van der Waals surface area contributed by atoms with Crippen LogP contribution in [0.2, 0.25) is 0 Å². The van der Waals surface area contributed by atoms with Crippen LogP contribution in [0.1, 0.15) is 31.2 Å². The van der Waals surface area contributed by atoms with Gasteiger partial charge < -0.3 is 5.32 Å². The molecule has 2 saturated carbocycles. The number of pyridine rings is 1. The minimum Gasteiger partial charge on any atom is -0.310 e. The summed E-state index contributed by atoms with van der Waals surface area (Å²) < 4.78 is 0.973. The van der Waals surface area contributed by atoms with Crippen molar-refractivity contribution < 1.29 is 4.79 Å². The third kappa shape index (κ3) is 2.18. The van der Waals surface area contributed by atoms with Crippen LogP contribution in [0.4, 0.5) is 5.82 Å². The van der Waals surface area contributed by atoms with Crippen LogP contribution in [0, 0.1) is 24.7 Å². The molecule has 2 unspecified atom stereocenters. The molecule has 4 heteroatoms. The second kappa shape index (κ2) is 4.65. The number of carbonyl (C=O) groups is 1. The maximum Gasteiger partial charge on any atom is 0.229 e. The molecule has 18 heavy (non-hydrogen) atoms. The van der Waals surface area contributed by atoms with Crippen LogP contribution in [-0.4, -0.2) is 10.9 Å². The topological polar surface area (TPSA) is 42.0 Å². The predicted octanol–water partition coefficient (Wildman–Crippen LogP) is 3.53. The zero-order valence-electron chi connectivity index (χ0n) is 10.4. The number of nitrogens with one attached hydrogen (secondary N) is 1. The molecule has 1 aromatic heterocycles. The van der Waals surface area contributed by atoms with E-state index >= 15 is 0 Å². The molecule has 0 spiro atoms. The lowest BCUT2D eigenvalue weighted by atomic mass is 10.0. The molecule has 0 aromatic carbocycles. The molecule has 0 aliphatic heterocycles. The molecule has 1 amide bonds. The second-order valence-electron chi connectivity index (χ2n) is 5.45. The van der Waals surface area contributed by atoms with Crippen molar-refractivity contribution in [2.24, 2.45) is 17.8 Å². The number of aromatic nitrogens is 1. The Morgan fingerprint density at radius 1 is 1.39 bits per heavy atom. The van der Waals surface area contributed by atoms with Crippen LogP contribution < -0.4 is 5.32 Å². The van der Waals surface area contributed by atoms with Gasteiger partial charge in [0.05, 0.1) is 0 Å². The summed E-state index contributed by atoms with van der Waals surface area (Å²) in [6, 6.07) is 1.91. The average molecular weight is 309 g/mol. The maximum absolute atomic E-state index is 12.2. The second-order valence-corrected chi connectivity index (χ2v) is 6.30. The first-order valence-electron chi connectivity index (χ1n) is 6.60. The highest BCUT2D eigenvalue weighted by atomic mass is 79.9. The first kappa shape index (κ1) is 12.2. The maximum atomic E-state index is 12.2. The lowest BCUT2D eigenvalue weighted by molar-refractivity contribution is -0.117. The molecule has 3 rings (SSSR count). The normalized spacial score (nSPS) is 29.6. The third-order valence-electron chi connectivity index (χ3n) is 4.26. The number of hydrogen-bond donors (Lipinski definition) is 1. The van der Waals surface area contributed by atoms with Gasteiger partial charge in [-0.15, -0.1) is 0 Å². The Morgan fingerprint density at radius 2 is 2.06 bits per heavy atom. The van der Waals surface area contributed by atoms with E-state index in [0.717, 1.165) is 10.0 Å². The summed E-state index contributed by atoms with van der Waals surface area (Å²) in [4.78, 5) is 16.4. The summed E-state index contributed by atoms with van der Waals surface area (Å²) in [7, 11) is 0. The third-order valence-corrected chi connectivity index (χ3v) is 5.09. The SMILES string of the molecule is Cc1cc(NC(=O)C2C3CCCCC32)ncc1Br. The van der Waals surface area contributed by atoms with Crippen molar-refractivity contribution in [1.29, 1.82) is 0 Å². The largest absolute Gasteiger partial charge is 0.310 e. The van der Waals surface area contributed by atoms with Gasteiger partial charge >= 0.3 is 0 Å². The van der Waals surface area contributed by atoms with Gasteiger partial charge in [-0.05, 0) is 59.2 Å². The highest BCUT2D eigenvalue weighted by Gasteiger charge is 2.54. The Labute approximate surface area is 116 Å². The Kier molecular flexibility index (Phi) is 3.14. The summed E-state index contributed by atoms with van der Waals surface area (Å²) in [6.45, 7) is 2.00. The number of halogens is 1. The molecule has 1 heterocycles. The van der Waals surface area contributed by atoms with Crippen molar-refractivity contribution in [3.8, 4) is 0 Å². The molecule has 3 nitrogen and oxygen atoms in total. The smallest absolute Gasteiger partial charge is 0.229 e. The van der Waals surface area contributed by atoms with E-state index in [2.05, 4.69) is 26.2 Å². The van der Waals surface area contributed by atoms with E-state index in [4.69, 9.17) is 0 Å². The summed E-state index contributed by atoms with van der Waals surface area (Å²) in [5.41, 5.74) is 1.09. The van der Waals surface area contributed by atoms with Crippen LogP contribution in [0.3, 0.4) is 0 Å². The first-order chi connectivity index (χ1) is 8.66. The number of fused-ring (bicyclic) bond motifs is 1. The number of rotatable bonds is 2. The minimum absolute atomic E-state index is 0.168. The van der Waals surface area contributed by atoms with E-state index in [-0.39, 0.29) is 11.8 Å². The van der Waals surface area contributed by atoms with Gasteiger partial charge in [-0.2, -0.15) is 0 Å². The highest BCUT2D eigenvalue weighted by molar-refractivity contribution is 9.10. The molecule has 1 N–H and O–H groups in total. The fourth-order valence-corrected chi connectivity index (χ4v) is 3.42. The van der Waals surface area contributed by atoms with Gasteiger partial charge in [0, 0.05) is 16.6 Å². The number of aryl methyl sites for hydroxylation is 1. The van der Waals surface area contributed by atoms with Gasteiger partial charge in [-0.25, -0.2) is 4.98 Å². The first-order valence-corrected chi connectivity index (χ1v) is 7.39. The van der Waals surface area contributed by atoms with Gasteiger partial charge in [-0.1, -0.05) is 12.8 Å². The van der Waals surface area contributed by atoms with Crippen molar-refractivity contribution in [3.63, 3.8) is 0 Å². The molecule has 0 bridgehead atoms. The van der Waals surface area contributed by atoms with Gasteiger partial charge in [0.1, 0.15) is 5.82 Å². The lowest BCUT2D eigenvalue weighted by Gasteiger charge is -2.05. The van der Waals surface area contributed by atoms with E-state index in [9.17, 15) is 4.79 Å². The molecule has 0 saturated heterocycles. The van der Waals surface area contributed by atoms with Crippen LogP contribution in [0.5, 0.6) is 0 Å². The summed E-state index contributed by atoms with van der Waals surface area (Å²) in [6.07, 6.45) is 6.79. The standard InChI is InChI=1S/C14H17BrN2O/c1-8-6-12(16-7-11(8)15)17-14(18)13-9-4-2-3-5-10(9)13/h6-7,9-10,13H,2-5H2,1H3,(H,16,17,18). The van der Waals surface area contributed by atoms with E-state index in [1.54, 1.807) is 6.20 Å². The van der Waals surface area contributed by atoms with E-state index < -0.39 is 0 Å². The number of carbonyl (C=O) groups excluding carboxylic acids is 1. The van der Waals surface area contributed by atoms with Gasteiger partial charge in [0.2, 0.25) is 5.91 Å². The fourth-order valence-electron chi connectivity index (χ4n) is 3.20. The predicted molar refractivity (Wildman–Crippen MR) is 74.2 cm³/mol. The molecular weight excluding hydrogens is 292 g/mol. The molecular formula is C14H17BrN2O. The average Bonchev–Trinajstić information content (AvgIpc) is 3.08. The Hall–Kier alpha value is -0.900. The van der Waals surface area contributed by atoms with E-state index in [1.165, 1.54) is 25.7 Å². The van der Waals surface area contributed by atoms with Crippen molar-refractivity contribution in [3.05, 3.63) is 22.3 Å². The number of nitrogens with zero attached hydrogens (tertiary/aromatic N) is 1. The van der Waals surface area contributed by atoms with Crippen LogP contribution in [0.25, 0.3) is 0 Å². The van der Waals surface area contributed by atoms with Gasteiger partial charge in [-0.3, -0.25) is 4.79 Å². The Balaban J connectivity index is 1.66. The number of amides is 1. The van der Waals surface area contributed by atoms with Gasteiger partial charge in [0.25, 0.3) is 0 Å². The highest BCUT2D eigenvalue weighted by Crippen LogP contribution is 2.55. The van der Waals surface area contributed by atoms with E-state index in [0.29, 0.717) is 17.7 Å². The molecule has 2 aliphatic rings. The molecule has 2 atom stereocenters. The quantitative estimate of drug-likeness (QED) is 0.908. The van der Waals surface area contributed by atoms with Crippen molar-refractivity contribution in [1.82, 2.24) is 4.98 Å². The zero-order chi connectivity index (χ0) is 12.7. The Bertz CT molecular complexity index is 477. The summed E-state index contributed by atoms with van der Waals surface area (Å²) in [5.74, 6) is 2.38. The van der Waals surface area contributed by atoms with Crippen molar-refractivity contribution in [2.75, 3.05) is 5.32 Å². The van der Waals surface area contributed by atoms with Crippen molar-refractivity contribution >= 4 is 27.7 Å². The molecule has 96 valence electrons. The monoisotopic (exact) mass is 308 g/mol. The number of anilines is 1.